The zero-order valence-corrected chi connectivity index (χ0v) is 13.6. The predicted octanol–water partition coefficient (Wildman–Crippen LogP) is 2.77. The van der Waals surface area contributed by atoms with Crippen LogP contribution in [0.1, 0.15) is 43.1 Å². The number of carbonyl (C=O) groups excluding carboxylic acids is 1. The molecule has 116 valence electrons. The first kappa shape index (κ1) is 14.9. The Balaban J connectivity index is 1.80. The molecule has 2 aliphatic rings. The molecule has 4 nitrogen and oxygen atoms in total. The second kappa shape index (κ2) is 6.01. The molecule has 1 amide bonds. The van der Waals surface area contributed by atoms with Crippen LogP contribution in [0, 0.1) is 0 Å². The van der Waals surface area contributed by atoms with Gasteiger partial charge in [-0.05, 0) is 44.8 Å². The van der Waals surface area contributed by atoms with Gasteiger partial charge in [-0.15, -0.1) is 0 Å². The van der Waals surface area contributed by atoms with Gasteiger partial charge in [-0.2, -0.15) is 0 Å². The van der Waals surface area contributed by atoms with Crippen molar-refractivity contribution in [3.63, 3.8) is 0 Å². The Morgan fingerprint density at radius 3 is 2.67 bits per heavy atom. The first-order valence-electron chi connectivity index (χ1n) is 7.98. The van der Waals surface area contributed by atoms with Crippen LogP contribution in [-0.2, 0) is 7.05 Å². The number of likely N-dealkylation sites (N-methyl/N-ethyl adjacent to an activating group) is 1. The third-order valence-electron chi connectivity index (χ3n) is 5.02. The Morgan fingerprint density at radius 1 is 1.29 bits per heavy atom. The van der Waals surface area contributed by atoms with Crippen molar-refractivity contribution in [1.29, 1.82) is 0 Å². The SMILES string of the molecule is CCN1CCC[C@H]1[C@@H]1CCCN1C(=O)c1cc(Cl)cn1C. The third kappa shape index (κ3) is 2.71. The number of rotatable bonds is 3. The quantitative estimate of drug-likeness (QED) is 0.859. The summed E-state index contributed by atoms with van der Waals surface area (Å²) < 4.78 is 1.84. The van der Waals surface area contributed by atoms with Gasteiger partial charge in [-0.1, -0.05) is 18.5 Å². The van der Waals surface area contributed by atoms with Crippen molar-refractivity contribution in [3.8, 4) is 0 Å². The molecule has 0 spiro atoms. The zero-order valence-electron chi connectivity index (χ0n) is 12.9. The van der Waals surface area contributed by atoms with Crippen LogP contribution >= 0.6 is 11.6 Å². The summed E-state index contributed by atoms with van der Waals surface area (Å²) in [6.07, 6.45) is 6.52. The van der Waals surface area contributed by atoms with E-state index in [4.69, 9.17) is 11.6 Å². The highest BCUT2D eigenvalue weighted by molar-refractivity contribution is 6.31. The summed E-state index contributed by atoms with van der Waals surface area (Å²) in [7, 11) is 1.89. The molecule has 2 fully saturated rings. The van der Waals surface area contributed by atoms with Crippen LogP contribution in [0.15, 0.2) is 12.3 Å². The van der Waals surface area contributed by atoms with E-state index in [1.54, 1.807) is 12.3 Å². The summed E-state index contributed by atoms with van der Waals surface area (Å²) in [4.78, 5) is 17.5. The van der Waals surface area contributed by atoms with Crippen molar-refractivity contribution < 1.29 is 4.79 Å². The number of hydrogen-bond acceptors (Lipinski definition) is 2. The summed E-state index contributed by atoms with van der Waals surface area (Å²) in [6.45, 7) is 5.35. The van der Waals surface area contributed by atoms with Gasteiger partial charge in [-0.25, -0.2) is 0 Å². The Morgan fingerprint density at radius 2 is 2.00 bits per heavy atom. The number of carbonyl (C=O) groups is 1. The molecule has 3 heterocycles. The van der Waals surface area contributed by atoms with Crippen LogP contribution in [0.4, 0.5) is 0 Å². The van der Waals surface area contributed by atoms with E-state index in [1.807, 2.05) is 11.6 Å². The molecule has 0 saturated carbocycles. The predicted molar refractivity (Wildman–Crippen MR) is 84.8 cm³/mol. The van der Waals surface area contributed by atoms with E-state index in [0.29, 0.717) is 22.8 Å². The minimum absolute atomic E-state index is 0.134. The van der Waals surface area contributed by atoms with Gasteiger partial charge in [0.15, 0.2) is 0 Å². The molecule has 1 aromatic heterocycles. The number of aryl methyl sites for hydroxylation is 1. The highest BCUT2D eigenvalue weighted by atomic mass is 35.5. The van der Waals surface area contributed by atoms with Crippen LogP contribution in [0.3, 0.4) is 0 Å². The minimum Gasteiger partial charge on any atom is -0.345 e. The van der Waals surface area contributed by atoms with E-state index < -0.39 is 0 Å². The molecule has 1 aromatic rings. The molecule has 0 bridgehead atoms. The first-order valence-corrected chi connectivity index (χ1v) is 8.36. The van der Waals surface area contributed by atoms with Gasteiger partial charge in [-0.3, -0.25) is 9.69 Å². The number of hydrogen-bond donors (Lipinski definition) is 0. The molecule has 3 rings (SSSR count). The maximum atomic E-state index is 12.9. The van der Waals surface area contributed by atoms with Gasteiger partial charge in [0.05, 0.1) is 5.02 Å². The normalized spacial score (nSPS) is 26.7. The van der Waals surface area contributed by atoms with Gasteiger partial charge in [0, 0.05) is 31.9 Å². The fraction of sp³-hybridized carbons (Fsp3) is 0.688. The zero-order chi connectivity index (χ0) is 15.0. The van der Waals surface area contributed by atoms with Gasteiger partial charge in [0.1, 0.15) is 5.69 Å². The van der Waals surface area contributed by atoms with Crippen LogP contribution < -0.4 is 0 Å². The molecular weight excluding hydrogens is 286 g/mol. The second-order valence-corrected chi connectivity index (χ2v) is 6.64. The fourth-order valence-corrected chi connectivity index (χ4v) is 4.26. The smallest absolute Gasteiger partial charge is 0.270 e. The van der Waals surface area contributed by atoms with Gasteiger partial charge < -0.3 is 9.47 Å². The van der Waals surface area contributed by atoms with Crippen molar-refractivity contribution in [3.05, 3.63) is 23.0 Å². The second-order valence-electron chi connectivity index (χ2n) is 6.20. The average Bonchev–Trinajstić information content (AvgIpc) is 3.15. The standard InChI is InChI=1S/C16H24ClN3O/c1-3-19-8-4-6-13(19)14-7-5-9-20(14)16(21)15-10-12(17)11-18(15)2/h10-11,13-14H,3-9H2,1-2H3/t13-,14-/m0/s1. The lowest BCUT2D eigenvalue weighted by Crippen LogP contribution is -2.48. The molecule has 0 N–H and O–H groups in total. The highest BCUT2D eigenvalue weighted by Crippen LogP contribution is 2.31. The molecule has 2 aliphatic heterocycles. The number of amides is 1. The van der Waals surface area contributed by atoms with Gasteiger partial charge >= 0.3 is 0 Å². The first-order chi connectivity index (χ1) is 10.1. The molecular formula is C16H24ClN3O. The van der Waals surface area contributed by atoms with Crippen LogP contribution in [0.25, 0.3) is 0 Å². The minimum atomic E-state index is 0.134. The maximum absolute atomic E-state index is 12.9. The Kier molecular flexibility index (Phi) is 4.27. The van der Waals surface area contributed by atoms with Gasteiger partial charge in [0.2, 0.25) is 0 Å². The largest absolute Gasteiger partial charge is 0.345 e. The number of nitrogens with zero attached hydrogens (tertiary/aromatic N) is 3. The fourth-order valence-electron chi connectivity index (χ4n) is 4.01. The van der Waals surface area contributed by atoms with E-state index in [9.17, 15) is 4.79 Å². The summed E-state index contributed by atoms with van der Waals surface area (Å²) >= 11 is 6.03. The summed E-state index contributed by atoms with van der Waals surface area (Å²) in [5, 5.41) is 0.632. The molecule has 21 heavy (non-hydrogen) atoms. The number of aromatic nitrogens is 1. The molecule has 5 heteroatoms. The third-order valence-corrected chi connectivity index (χ3v) is 5.22. The van der Waals surface area contributed by atoms with Crippen molar-refractivity contribution in [2.75, 3.05) is 19.6 Å². The monoisotopic (exact) mass is 309 g/mol. The Labute approximate surface area is 131 Å². The van der Waals surface area contributed by atoms with Crippen LogP contribution in [0.5, 0.6) is 0 Å². The van der Waals surface area contributed by atoms with Crippen LogP contribution in [-0.4, -0.2) is 52.0 Å². The molecule has 0 aromatic carbocycles. The number of halogens is 1. The lowest BCUT2D eigenvalue weighted by atomic mass is 10.0. The summed E-state index contributed by atoms with van der Waals surface area (Å²) in [5.74, 6) is 0.134. The molecule has 0 aliphatic carbocycles. The van der Waals surface area contributed by atoms with E-state index in [-0.39, 0.29) is 5.91 Å². The lowest BCUT2D eigenvalue weighted by molar-refractivity contribution is 0.0640. The lowest BCUT2D eigenvalue weighted by Gasteiger charge is -2.34. The van der Waals surface area contributed by atoms with Crippen molar-refractivity contribution >= 4 is 17.5 Å². The van der Waals surface area contributed by atoms with Gasteiger partial charge in [0.25, 0.3) is 5.91 Å². The molecule has 0 unspecified atom stereocenters. The van der Waals surface area contributed by atoms with E-state index in [1.165, 1.54) is 19.4 Å². The van der Waals surface area contributed by atoms with E-state index in [2.05, 4.69) is 16.7 Å². The summed E-state index contributed by atoms with van der Waals surface area (Å²) in [6, 6.07) is 2.69. The molecule has 2 saturated heterocycles. The van der Waals surface area contributed by atoms with E-state index in [0.717, 1.165) is 25.9 Å². The van der Waals surface area contributed by atoms with Crippen molar-refractivity contribution in [2.24, 2.45) is 7.05 Å². The van der Waals surface area contributed by atoms with E-state index >= 15 is 0 Å². The molecule has 0 radical (unpaired) electrons. The average molecular weight is 310 g/mol. The Hall–Kier alpha value is -1.00. The van der Waals surface area contributed by atoms with Crippen LogP contribution in [0.2, 0.25) is 5.02 Å². The number of likely N-dealkylation sites (tertiary alicyclic amines) is 2. The summed E-state index contributed by atoms with van der Waals surface area (Å²) in [5.41, 5.74) is 0.702. The topological polar surface area (TPSA) is 28.5 Å². The van der Waals surface area contributed by atoms with Crippen molar-refractivity contribution in [2.45, 2.75) is 44.7 Å². The molecule has 2 atom stereocenters. The maximum Gasteiger partial charge on any atom is 0.270 e. The van der Waals surface area contributed by atoms with Crippen molar-refractivity contribution in [1.82, 2.24) is 14.4 Å². The Bertz CT molecular complexity index is 528. The highest BCUT2D eigenvalue weighted by Gasteiger charge is 2.39.